The molecule has 0 bridgehead atoms. The Morgan fingerprint density at radius 2 is 2.04 bits per heavy atom. The lowest BCUT2D eigenvalue weighted by Crippen LogP contribution is -2.56. The Morgan fingerprint density at radius 3 is 2.59 bits per heavy atom. The molecule has 0 spiro atoms. The molecule has 0 unspecified atom stereocenters. The number of nitrogens with zero attached hydrogens (tertiary/aromatic N) is 4. The van der Waals surface area contributed by atoms with Crippen LogP contribution in [0.4, 0.5) is 0 Å². The van der Waals surface area contributed by atoms with Crippen LogP contribution in [0.25, 0.3) is 5.82 Å². The summed E-state index contributed by atoms with van der Waals surface area (Å²) in [6.45, 7) is 10.3. The number of morpholine rings is 1. The summed E-state index contributed by atoms with van der Waals surface area (Å²) in [6.07, 6.45) is 5.63. The molecule has 1 N–H and O–H groups in total. The molecular weight excluding hydrogens is 342 g/mol. The average molecular weight is 371 g/mol. The van der Waals surface area contributed by atoms with Crippen molar-refractivity contribution in [2.24, 2.45) is 5.92 Å². The van der Waals surface area contributed by atoms with Gasteiger partial charge in [0.15, 0.2) is 5.82 Å². The highest BCUT2D eigenvalue weighted by Gasteiger charge is 2.33. The Kier molecular flexibility index (Phi) is 6.23. The molecule has 3 rings (SSSR count). The van der Waals surface area contributed by atoms with E-state index in [0.717, 1.165) is 24.5 Å². The second kappa shape index (κ2) is 8.63. The van der Waals surface area contributed by atoms with Gasteiger partial charge in [-0.1, -0.05) is 19.9 Å². The molecule has 2 aromatic heterocycles. The van der Waals surface area contributed by atoms with E-state index in [-0.39, 0.29) is 30.1 Å². The van der Waals surface area contributed by atoms with Crippen LogP contribution < -0.4 is 5.32 Å². The standard InChI is InChI=1S/C20H29N5O2/c1-14(2)19(24-12-15(3)27-16(4)13-24)20(26)22-11-17-6-7-18(21-10-17)25-9-5-8-23-25/h5-10,14-16,19H,11-13H2,1-4H3,(H,22,26)/t15-,16-,19+/m1/s1. The monoisotopic (exact) mass is 371 g/mol. The molecule has 0 aliphatic carbocycles. The highest BCUT2D eigenvalue weighted by Crippen LogP contribution is 2.19. The second-order valence-corrected chi connectivity index (χ2v) is 7.59. The topological polar surface area (TPSA) is 72.3 Å². The third-order valence-corrected chi connectivity index (χ3v) is 4.76. The first-order valence-corrected chi connectivity index (χ1v) is 9.56. The number of carbonyl (C=O) groups is 1. The number of rotatable bonds is 6. The Morgan fingerprint density at radius 1 is 1.30 bits per heavy atom. The molecule has 2 aromatic rings. The molecule has 1 amide bonds. The van der Waals surface area contributed by atoms with E-state index in [1.54, 1.807) is 17.1 Å². The molecule has 1 aliphatic rings. The predicted octanol–water partition coefficient (Wildman–Crippen LogP) is 2.02. The number of hydrogen-bond donors (Lipinski definition) is 1. The summed E-state index contributed by atoms with van der Waals surface area (Å²) in [4.78, 5) is 19.6. The van der Waals surface area contributed by atoms with E-state index in [0.29, 0.717) is 6.54 Å². The second-order valence-electron chi connectivity index (χ2n) is 7.59. The highest BCUT2D eigenvalue weighted by molar-refractivity contribution is 5.82. The molecule has 3 heterocycles. The third kappa shape index (κ3) is 4.93. The van der Waals surface area contributed by atoms with Crippen molar-refractivity contribution >= 4 is 5.91 Å². The zero-order valence-corrected chi connectivity index (χ0v) is 16.5. The summed E-state index contributed by atoms with van der Waals surface area (Å²) >= 11 is 0. The van der Waals surface area contributed by atoms with Gasteiger partial charge in [0.05, 0.1) is 18.2 Å². The SMILES string of the molecule is CC(C)[C@@H](C(=O)NCc1ccc(-n2cccn2)nc1)N1C[C@@H](C)O[C@H](C)C1. The van der Waals surface area contributed by atoms with Crippen LogP contribution in [0.15, 0.2) is 36.8 Å². The number of nitrogens with one attached hydrogen (secondary N) is 1. The minimum Gasteiger partial charge on any atom is -0.373 e. The van der Waals surface area contributed by atoms with Crippen molar-refractivity contribution in [3.8, 4) is 5.82 Å². The first-order valence-electron chi connectivity index (χ1n) is 9.56. The summed E-state index contributed by atoms with van der Waals surface area (Å²) in [5.41, 5.74) is 0.963. The van der Waals surface area contributed by atoms with Crippen LogP contribution in [0, 0.1) is 5.92 Å². The minimum absolute atomic E-state index is 0.0578. The van der Waals surface area contributed by atoms with Gasteiger partial charge < -0.3 is 10.1 Å². The van der Waals surface area contributed by atoms with Crippen molar-refractivity contribution < 1.29 is 9.53 Å². The van der Waals surface area contributed by atoms with Crippen LogP contribution in [-0.2, 0) is 16.1 Å². The zero-order valence-electron chi connectivity index (χ0n) is 16.5. The fourth-order valence-corrected chi connectivity index (χ4v) is 3.69. The Bertz CT molecular complexity index is 719. The van der Waals surface area contributed by atoms with Crippen LogP contribution in [0.2, 0.25) is 0 Å². The van der Waals surface area contributed by atoms with E-state index in [9.17, 15) is 4.79 Å². The van der Waals surface area contributed by atoms with Crippen LogP contribution >= 0.6 is 0 Å². The number of ether oxygens (including phenoxy) is 1. The zero-order chi connectivity index (χ0) is 19.4. The maximum atomic E-state index is 12.9. The lowest BCUT2D eigenvalue weighted by atomic mass is 9.99. The molecule has 27 heavy (non-hydrogen) atoms. The third-order valence-electron chi connectivity index (χ3n) is 4.76. The average Bonchev–Trinajstić information content (AvgIpc) is 3.14. The van der Waals surface area contributed by atoms with Crippen LogP contribution in [-0.4, -0.2) is 56.9 Å². The number of aromatic nitrogens is 3. The Balaban J connectivity index is 1.61. The molecule has 1 saturated heterocycles. The summed E-state index contributed by atoms with van der Waals surface area (Å²) in [5, 5.41) is 7.24. The van der Waals surface area contributed by atoms with Crippen molar-refractivity contribution in [2.45, 2.75) is 52.5 Å². The van der Waals surface area contributed by atoms with E-state index >= 15 is 0 Å². The van der Waals surface area contributed by atoms with Gasteiger partial charge in [-0.2, -0.15) is 5.10 Å². The van der Waals surface area contributed by atoms with E-state index in [1.807, 2.05) is 24.4 Å². The fourth-order valence-electron chi connectivity index (χ4n) is 3.69. The van der Waals surface area contributed by atoms with Gasteiger partial charge in [-0.25, -0.2) is 9.67 Å². The molecule has 3 atom stereocenters. The quantitative estimate of drug-likeness (QED) is 0.841. The molecule has 7 nitrogen and oxygen atoms in total. The van der Waals surface area contributed by atoms with Crippen molar-refractivity contribution in [3.05, 3.63) is 42.4 Å². The predicted molar refractivity (Wildman–Crippen MR) is 103 cm³/mol. The first-order chi connectivity index (χ1) is 12.9. The van der Waals surface area contributed by atoms with Crippen LogP contribution in [0.1, 0.15) is 33.3 Å². The summed E-state index contributed by atoms with van der Waals surface area (Å²) < 4.78 is 7.51. The maximum Gasteiger partial charge on any atom is 0.237 e. The smallest absolute Gasteiger partial charge is 0.237 e. The summed E-state index contributed by atoms with van der Waals surface area (Å²) in [7, 11) is 0. The van der Waals surface area contributed by atoms with E-state index < -0.39 is 0 Å². The van der Waals surface area contributed by atoms with Gasteiger partial charge in [0, 0.05) is 38.2 Å². The lowest BCUT2D eigenvalue weighted by molar-refractivity contribution is -0.135. The number of hydrogen-bond acceptors (Lipinski definition) is 5. The van der Waals surface area contributed by atoms with Gasteiger partial charge >= 0.3 is 0 Å². The Labute approximate surface area is 160 Å². The maximum absolute atomic E-state index is 12.9. The molecule has 0 aromatic carbocycles. The molecular formula is C20H29N5O2. The van der Waals surface area contributed by atoms with Gasteiger partial charge in [0.1, 0.15) is 0 Å². The molecule has 1 fully saturated rings. The van der Waals surface area contributed by atoms with Crippen LogP contribution in [0.3, 0.4) is 0 Å². The normalized spacial score (nSPS) is 22.0. The van der Waals surface area contributed by atoms with Crippen molar-refractivity contribution in [2.75, 3.05) is 13.1 Å². The number of carbonyl (C=O) groups excluding carboxylic acids is 1. The minimum atomic E-state index is -0.157. The van der Waals surface area contributed by atoms with E-state index in [2.05, 4.69) is 48.0 Å². The molecule has 7 heteroatoms. The Hall–Kier alpha value is -2.25. The first kappa shape index (κ1) is 19.5. The van der Waals surface area contributed by atoms with E-state index in [1.165, 1.54) is 0 Å². The van der Waals surface area contributed by atoms with Crippen molar-refractivity contribution in [3.63, 3.8) is 0 Å². The van der Waals surface area contributed by atoms with Crippen LogP contribution in [0.5, 0.6) is 0 Å². The van der Waals surface area contributed by atoms with Gasteiger partial charge in [-0.3, -0.25) is 9.69 Å². The fraction of sp³-hybridized carbons (Fsp3) is 0.550. The van der Waals surface area contributed by atoms with Gasteiger partial charge in [-0.05, 0) is 37.5 Å². The molecule has 0 saturated carbocycles. The van der Waals surface area contributed by atoms with Gasteiger partial charge in [-0.15, -0.1) is 0 Å². The van der Waals surface area contributed by atoms with E-state index in [4.69, 9.17) is 4.74 Å². The lowest BCUT2D eigenvalue weighted by Gasteiger charge is -2.41. The van der Waals surface area contributed by atoms with Crippen molar-refractivity contribution in [1.29, 1.82) is 0 Å². The summed E-state index contributed by atoms with van der Waals surface area (Å²) in [5.74, 6) is 1.04. The largest absolute Gasteiger partial charge is 0.373 e. The van der Waals surface area contributed by atoms with Crippen molar-refractivity contribution in [1.82, 2.24) is 25.0 Å². The van der Waals surface area contributed by atoms with Gasteiger partial charge in [0.2, 0.25) is 5.91 Å². The molecule has 1 aliphatic heterocycles. The molecule has 146 valence electrons. The van der Waals surface area contributed by atoms with Gasteiger partial charge in [0.25, 0.3) is 0 Å². The number of amides is 1. The summed E-state index contributed by atoms with van der Waals surface area (Å²) in [6, 6.07) is 5.57. The number of pyridine rings is 1. The molecule has 0 radical (unpaired) electrons. The highest BCUT2D eigenvalue weighted by atomic mass is 16.5.